The van der Waals surface area contributed by atoms with Crippen LogP contribution in [-0.2, 0) is 6.18 Å². The molecule has 7 heteroatoms. The SMILES string of the molecule is COc1nnc(Cl)c2ccc(C(F)(F)F)cc12. The summed E-state index contributed by atoms with van der Waals surface area (Å²) in [6, 6.07) is 3.13. The summed E-state index contributed by atoms with van der Waals surface area (Å²) in [6.07, 6.45) is -4.42. The van der Waals surface area contributed by atoms with Gasteiger partial charge >= 0.3 is 6.18 Å². The molecule has 1 aromatic carbocycles. The van der Waals surface area contributed by atoms with E-state index < -0.39 is 11.7 Å². The lowest BCUT2D eigenvalue weighted by Crippen LogP contribution is -2.05. The van der Waals surface area contributed by atoms with Gasteiger partial charge in [-0.3, -0.25) is 0 Å². The van der Waals surface area contributed by atoms with Crippen LogP contribution >= 0.6 is 11.6 Å². The summed E-state index contributed by atoms with van der Waals surface area (Å²) >= 11 is 5.74. The van der Waals surface area contributed by atoms with E-state index in [4.69, 9.17) is 16.3 Å². The summed E-state index contributed by atoms with van der Waals surface area (Å²) in [6.45, 7) is 0. The van der Waals surface area contributed by atoms with E-state index in [1.165, 1.54) is 13.2 Å². The first-order valence-electron chi connectivity index (χ1n) is 4.50. The Hall–Kier alpha value is -1.56. The summed E-state index contributed by atoms with van der Waals surface area (Å²) < 4.78 is 42.5. The fraction of sp³-hybridized carbons (Fsp3) is 0.200. The Morgan fingerprint density at radius 2 is 1.88 bits per heavy atom. The van der Waals surface area contributed by atoms with Gasteiger partial charge in [0.1, 0.15) is 0 Å². The Morgan fingerprint density at radius 1 is 1.18 bits per heavy atom. The van der Waals surface area contributed by atoms with Crippen molar-refractivity contribution in [1.29, 1.82) is 0 Å². The lowest BCUT2D eigenvalue weighted by molar-refractivity contribution is -0.137. The van der Waals surface area contributed by atoms with Gasteiger partial charge in [-0.1, -0.05) is 17.7 Å². The van der Waals surface area contributed by atoms with Crippen LogP contribution in [0.1, 0.15) is 5.56 Å². The largest absolute Gasteiger partial charge is 0.479 e. The second-order valence-corrected chi connectivity index (χ2v) is 3.62. The number of halogens is 4. The summed E-state index contributed by atoms with van der Waals surface area (Å²) in [7, 11) is 1.30. The van der Waals surface area contributed by atoms with Gasteiger partial charge in [-0.15, -0.1) is 10.2 Å². The van der Waals surface area contributed by atoms with E-state index in [0.717, 1.165) is 12.1 Å². The van der Waals surface area contributed by atoms with E-state index in [9.17, 15) is 13.2 Å². The number of ether oxygens (including phenoxy) is 1. The molecule has 0 spiro atoms. The first-order chi connectivity index (χ1) is 7.93. The molecule has 0 aliphatic carbocycles. The molecule has 0 N–H and O–H groups in total. The molecule has 0 fully saturated rings. The molecule has 0 bridgehead atoms. The number of hydrogen-bond donors (Lipinski definition) is 0. The van der Waals surface area contributed by atoms with Crippen molar-refractivity contribution in [3.05, 3.63) is 28.9 Å². The monoisotopic (exact) mass is 262 g/mol. The van der Waals surface area contributed by atoms with Crippen molar-refractivity contribution in [3.63, 3.8) is 0 Å². The molecule has 0 unspecified atom stereocenters. The van der Waals surface area contributed by atoms with Gasteiger partial charge < -0.3 is 4.74 Å². The number of fused-ring (bicyclic) bond motifs is 1. The zero-order chi connectivity index (χ0) is 12.6. The zero-order valence-electron chi connectivity index (χ0n) is 8.55. The highest BCUT2D eigenvalue weighted by molar-refractivity contribution is 6.34. The molecule has 1 heterocycles. The number of methoxy groups -OCH3 is 1. The number of rotatable bonds is 1. The summed E-state index contributed by atoms with van der Waals surface area (Å²) in [4.78, 5) is 0. The maximum atomic E-state index is 12.5. The van der Waals surface area contributed by atoms with Gasteiger partial charge in [-0.05, 0) is 12.1 Å². The van der Waals surface area contributed by atoms with E-state index in [2.05, 4.69) is 10.2 Å². The molecule has 90 valence electrons. The molecule has 0 saturated carbocycles. The minimum absolute atomic E-state index is 0.00972. The molecule has 0 atom stereocenters. The normalized spacial score (nSPS) is 11.8. The Bertz CT molecular complexity index is 571. The summed E-state index contributed by atoms with van der Waals surface area (Å²) in [5.41, 5.74) is -0.785. The average Bonchev–Trinajstić information content (AvgIpc) is 2.28. The second-order valence-electron chi connectivity index (χ2n) is 3.26. The van der Waals surface area contributed by atoms with Crippen LogP contribution < -0.4 is 4.74 Å². The van der Waals surface area contributed by atoms with Crippen molar-refractivity contribution in [2.75, 3.05) is 7.11 Å². The second kappa shape index (κ2) is 4.03. The lowest BCUT2D eigenvalue weighted by Gasteiger charge is -2.09. The van der Waals surface area contributed by atoms with Crippen molar-refractivity contribution in [2.45, 2.75) is 6.18 Å². The fourth-order valence-electron chi connectivity index (χ4n) is 1.43. The Balaban J connectivity index is 2.75. The van der Waals surface area contributed by atoms with Crippen LogP contribution in [0.2, 0.25) is 5.15 Å². The van der Waals surface area contributed by atoms with Crippen LogP contribution in [0.15, 0.2) is 18.2 Å². The fourth-order valence-corrected chi connectivity index (χ4v) is 1.63. The third-order valence-corrected chi connectivity index (χ3v) is 2.50. The number of nitrogens with zero attached hydrogens (tertiary/aromatic N) is 2. The molecule has 1 aromatic heterocycles. The summed E-state index contributed by atoms with van der Waals surface area (Å²) in [5, 5.41) is 7.74. The molecule has 17 heavy (non-hydrogen) atoms. The maximum absolute atomic E-state index is 12.5. The lowest BCUT2D eigenvalue weighted by atomic mass is 10.1. The topological polar surface area (TPSA) is 35.0 Å². The molecule has 2 aromatic rings. The smallest absolute Gasteiger partial charge is 0.416 e. The van der Waals surface area contributed by atoms with Crippen molar-refractivity contribution in [3.8, 4) is 5.88 Å². The van der Waals surface area contributed by atoms with E-state index >= 15 is 0 Å². The predicted molar refractivity (Wildman–Crippen MR) is 56.1 cm³/mol. The van der Waals surface area contributed by atoms with Gasteiger partial charge in [0.2, 0.25) is 5.88 Å². The first kappa shape index (κ1) is 11.9. The van der Waals surface area contributed by atoms with Gasteiger partial charge in [0.05, 0.1) is 12.7 Å². The van der Waals surface area contributed by atoms with Crippen molar-refractivity contribution in [1.82, 2.24) is 10.2 Å². The van der Waals surface area contributed by atoms with Gasteiger partial charge in [0.25, 0.3) is 0 Å². The van der Waals surface area contributed by atoms with Crippen molar-refractivity contribution < 1.29 is 17.9 Å². The summed E-state index contributed by atoms with van der Waals surface area (Å²) in [5.74, 6) is 0.00972. The Labute approximate surface area is 99.2 Å². The van der Waals surface area contributed by atoms with Gasteiger partial charge in [0.15, 0.2) is 5.15 Å². The molecule has 0 saturated heterocycles. The number of benzene rings is 1. The van der Waals surface area contributed by atoms with Crippen LogP contribution in [0, 0.1) is 0 Å². The van der Waals surface area contributed by atoms with E-state index in [1.54, 1.807) is 0 Å². The molecule has 0 radical (unpaired) electrons. The van der Waals surface area contributed by atoms with Gasteiger partial charge in [-0.25, -0.2) is 0 Å². The highest BCUT2D eigenvalue weighted by Gasteiger charge is 2.31. The maximum Gasteiger partial charge on any atom is 0.416 e. The van der Waals surface area contributed by atoms with Crippen LogP contribution in [0.25, 0.3) is 10.8 Å². The molecule has 0 aliphatic heterocycles. The number of alkyl halides is 3. The van der Waals surface area contributed by atoms with Gasteiger partial charge in [-0.2, -0.15) is 13.2 Å². The van der Waals surface area contributed by atoms with E-state index in [-0.39, 0.29) is 16.4 Å². The molecule has 3 nitrogen and oxygen atoms in total. The van der Waals surface area contributed by atoms with Crippen LogP contribution in [0.4, 0.5) is 13.2 Å². The molecule has 0 amide bonds. The molecule has 2 rings (SSSR count). The zero-order valence-corrected chi connectivity index (χ0v) is 9.30. The van der Waals surface area contributed by atoms with Crippen LogP contribution in [0.5, 0.6) is 5.88 Å². The van der Waals surface area contributed by atoms with Crippen LogP contribution in [-0.4, -0.2) is 17.3 Å². The Morgan fingerprint density at radius 3 is 2.47 bits per heavy atom. The molecular weight excluding hydrogens is 257 g/mol. The standard InChI is InChI=1S/C10H6ClF3N2O/c1-17-9-7-4-5(10(12,13)14)2-3-6(7)8(11)15-16-9/h2-4H,1H3. The third-order valence-electron chi connectivity index (χ3n) is 2.22. The first-order valence-corrected chi connectivity index (χ1v) is 4.88. The minimum atomic E-state index is -4.42. The van der Waals surface area contributed by atoms with Crippen LogP contribution in [0.3, 0.4) is 0 Å². The minimum Gasteiger partial charge on any atom is -0.479 e. The Kier molecular flexibility index (Phi) is 2.82. The van der Waals surface area contributed by atoms with E-state index in [0.29, 0.717) is 5.39 Å². The highest BCUT2D eigenvalue weighted by Crippen LogP contribution is 2.35. The van der Waals surface area contributed by atoms with E-state index in [1.807, 2.05) is 0 Å². The number of aromatic nitrogens is 2. The molecular formula is C10H6ClF3N2O. The van der Waals surface area contributed by atoms with Gasteiger partial charge in [0, 0.05) is 10.8 Å². The van der Waals surface area contributed by atoms with Crippen molar-refractivity contribution >= 4 is 22.4 Å². The quantitative estimate of drug-likeness (QED) is 0.791. The molecule has 0 aliphatic rings. The highest BCUT2D eigenvalue weighted by atomic mass is 35.5. The third kappa shape index (κ3) is 2.12. The number of hydrogen-bond acceptors (Lipinski definition) is 3. The predicted octanol–water partition coefficient (Wildman–Crippen LogP) is 3.31. The van der Waals surface area contributed by atoms with Crippen molar-refractivity contribution in [2.24, 2.45) is 0 Å². The average molecular weight is 263 g/mol.